The van der Waals surface area contributed by atoms with E-state index in [4.69, 9.17) is 4.52 Å². The number of hydrogen-bond acceptors (Lipinski definition) is 5. The van der Waals surface area contributed by atoms with Gasteiger partial charge in [0.25, 0.3) is 10.0 Å². The van der Waals surface area contributed by atoms with Gasteiger partial charge in [-0.1, -0.05) is 12.1 Å². The van der Waals surface area contributed by atoms with E-state index in [1.54, 1.807) is 6.07 Å². The van der Waals surface area contributed by atoms with Gasteiger partial charge < -0.3 is 9.51 Å². The molecule has 0 aliphatic rings. The first kappa shape index (κ1) is 11.8. The zero-order valence-corrected chi connectivity index (χ0v) is 9.99. The summed E-state index contributed by atoms with van der Waals surface area (Å²) in [6.07, 6.45) is 3.40. The molecule has 0 spiro atoms. The number of rotatable bonds is 5. The predicted molar refractivity (Wildman–Crippen MR) is 58.5 cm³/mol. The van der Waals surface area contributed by atoms with Crippen LogP contribution in [0.15, 0.2) is 28.0 Å². The van der Waals surface area contributed by atoms with Crippen LogP contribution in [0.4, 0.5) is 0 Å². The molecule has 0 unspecified atom stereocenters. The van der Waals surface area contributed by atoms with Crippen molar-refractivity contribution in [1.29, 1.82) is 0 Å². The molecule has 0 aliphatic carbocycles. The van der Waals surface area contributed by atoms with Crippen molar-refractivity contribution in [3.8, 4) is 0 Å². The van der Waals surface area contributed by atoms with Crippen LogP contribution in [0.2, 0.25) is 0 Å². The zero-order chi connectivity index (χ0) is 12.3. The maximum atomic E-state index is 11.8. The summed E-state index contributed by atoms with van der Waals surface area (Å²) in [5, 5.41) is 3.53. The molecule has 0 atom stereocenters. The smallest absolute Gasteiger partial charge is 0.258 e. The number of nitrogens with one attached hydrogen (secondary N) is 2. The molecule has 0 saturated heterocycles. The number of aromatic nitrogens is 3. The van der Waals surface area contributed by atoms with Gasteiger partial charge in [0, 0.05) is 12.5 Å². The van der Waals surface area contributed by atoms with E-state index >= 15 is 0 Å². The molecular weight excluding hydrogens is 244 g/mol. The molecule has 92 valence electrons. The quantitative estimate of drug-likeness (QED) is 0.808. The maximum Gasteiger partial charge on any atom is 0.258 e. The van der Waals surface area contributed by atoms with E-state index in [2.05, 4.69) is 19.8 Å². The number of nitrogens with zero attached hydrogens (tertiary/aromatic N) is 2. The molecule has 2 N–H and O–H groups in total. The summed E-state index contributed by atoms with van der Waals surface area (Å²) in [6.45, 7) is 1.94. The van der Waals surface area contributed by atoms with E-state index in [9.17, 15) is 8.42 Å². The summed E-state index contributed by atoms with van der Waals surface area (Å²) >= 11 is 0. The summed E-state index contributed by atoms with van der Waals surface area (Å²) in [6, 6.07) is 1.59. The van der Waals surface area contributed by atoms with E-state index in [1.807, 2.05) is 6.92 Å². The Hall–Kier alpha value is -1.67. The van der Waals surface area contributed by atoms with Gasteiger partial charge in [-0.05, 0) is 0 Å². The minimum atomic E-state index is -3.58. The van der Waals surface area contributed by atoms with Crippen LogP contribution < -0.4 is 4.72 Å². The van der Waals surface area contributed by atoms with Gasteiger partial charge in [0.2, 0.25) is 0 Å². The second-order valence-corrected chi connectivity index (χ2v) is 5.09. The third-order valence-corrected chi connectivity index (χ3v) is 3.47. The van der Waals surface area contributed by atoms with Crippen molar-refractivity contribution in [3.63, 3.8) is 0 Å². The highest BCUT2D eigenvalue weighted by Crippen LogP contribution is 2.07. The van der Waals surface area contributed by atoms with Crippen LogP contribution in [0.5, 0.6) is 0 Å². The molecule has 8 heteroatoms. The first-order chi connectivity index (χ1) is 8.12. The van der Waals surface area contributed by atoms with Gasteiger partial charge in [-0.3, -0.25) is 0 Å². The van der Waals surface area contributed by atoms with Gasteiger partial charge in [-0.2, -0.15) is 0 Å². The van der Waals surface area contributed by atoms with Crippen LogP contribution in [-0.4, -0.2) is 23.5 Å². The highest BCUT2D eigenvalue weighted by Gasteiger charge is 2.17. The summed E-state index contributed by atoms with van der Waals surface area (Å²) in [4.78, 5) is 6.66. The molecule has 0 aromatic carbocycles. The van der Waals surface area contributed by atoms with Crippen molar-refractivity contribution >= 4 is 10.0 Å². The molecule has 2 heterocycles. The van der Waals surface area contributed by atoms with Crippen molar-refractivity contribution in [2.75, 3.05) is 0 Å². The maximum absolute atomic E-state index is 11.8. The highest BCUT2D eigenvalue weighted by atomic mass is 32.2. The van der Waals surface area contributed by atoms with Gasteiger partial charge in [0.15, 0.2) is 10.8 Å². The summed E-state index contributed by atoms with van der Waals surface area (Å²) in [7, 11) is -3.58. The standard InChI is InChI=1S/C9H12N4O3S/c1-2-8-10-6-9(13-8)17(14,15)12-5-7-3-4-11-16-7/h3-4,6,12H,2,5H2,1H3,(H,10,13). The third-order valence-electron chi connectivity index (χ3n) is 2.16. The molecular formula is C9H12N4O3S. The minimum Gasteiger partial charge on any atom is -0.360 e. The van der Waals surface area contributed by atoms with Crippen LogP contribution in [0, 0.1) is 0 Å². The van der Waals surface area contributed by atoms with Gasteiger partial charge >= 0.3 is 0 Å². The molecule has 0 amide bonds. The molecule has 0 saturated carbocycles. The Morgan fingerprint density at radius 3 is 2.94 bits per heavy atom. The molecule has 0 radical (unpaired) electrons. The molecule has 2 aromatic rings. The predicted octanol–water partition coefficient (Wildman–Crippen LogP) is 0.439. The van der Waals surface area contributed by atoms with E-state index in [0.717, 1.165) is 0 Å². The number of H-pyrrole nitrogens is 1. The number of aromatic amines is 1. The minimum absolute atomic E-state index is 0.0499. The Balaban J connectivity index is 2.08. The largest absolute Gasteiger partial charge is 0.360 e. The van der Waals surface area contributed by atoms with Crippen molar-refractivity contribution in [2.24, 2.45) is 0 Å². The number of sulfonamides is 1. The number of imidazole rings is 1. The second kappa shape index (κ2) is 4.68. The molecule has 7 nitrogen and oxygen atoms in total. The first-order valence-corrected chi connectivity index (χ1v) is 6.53. The Morgan fingerprint density at radius 2 is 2.35 bits per heavy atom. The second-order valence-electron chi connectivity index (χ2n) is 3.35. The highest BCUT2D eigenvalue weighted by molar-refractivity contribution is 7.89. The summed E-state index contributed by atoms with van der Waals surface area (Å²) in [5.41, 5.74) is 0. The summed E-state index contributed by atoms with van der Waals surface area (Å²) in [5.74, 6) is 1.08. The van der Waals surface area contributed by atoms with Crippen molar-refractivity contribution in [3.05, 3.63) is 30.0 Å². The average Bonchev–Trinajstić information content (AvgIpc) is 2.98. The lowest BCUT2D eigenvalue weighted by molar-refractivity contribution is 0.380. The fourth-order valence-corrected chi connectivity index (χ4v) is 2.17. The van der Waals surface area contributed by atoms with Crippen molar-refractivity contribution in [1.82, 2.24) is 19.8 Å². The van der Waals surface area contributed by atoms with Crippen LogP contribution in [-0.2, 0) is 23.0 Å². The first-order valence-electron chi connectivity index (χ1n) is 5.05. The number of aryl methyl sites for hydroxylation is 1. The van der Waals surface area contributed by atoms with Crippen molar-refractivity contribution < 1.29 is 12.9 Å². The van der Waals surface area contributed by atoms with E-state index in [-0.39, 0.29) is 11.6 Å². The normalized spacial score (nSPS) is 11.8. The lowest BCUT2D eigenvalue weighted by Crippen LogP contribution is -2.23. The number of hydrogen-bond donors (Lipinski definition) is 2. The SMILES string of the molecule is CCc1ncc(S(=O)(=O)NCc2ccno2)[nH]1. The molecule has 2 aromatic heterocycles. The van der Waals surface area contributed by atoms with Crippen LogP contribution >= 0.6 is 0 Å². The third kappa shape index (κ3) is 2.71. The van der Waals surface area contributed by atoms with Crippen LogP contribution in [0.25, 0.3) is 0 Å². The van der Waals surface area contributed by atoms with Gasteiger partial charge in [-0.15, -0.1) is 0 Å². The Kier molecular flexibility index (Phi) is 3.25. The molecule has 0 aliphatic heterocycles. The van der Waals surface area contributed by atoms with Crippen molar-refractivity contribution in [2.45, 2.75) is 24.9 Å². The topological polar surface area (TPSA) is 101 Å². The monoisotopic (exact) mass is 256 g/mol. The Morgan fingerprint density at radius 1 is 1.53 bits per heavy atom. The molecule has 17 heavy (non-hydrogen) atoms. The lowest BCUT2D eigenvalue weighted by Gasteiger charge is -2.01. The van der Waals surface area contributed by atoms with E-state index < -0.39 is 10.0 Å². The van der Waals surface area contributed by atoms with Gasteiger partial charge in [0.05, 0.1) is 18.9 Å². The summed E-state index contributed by atoms with van der Waals surface area (Å²) < 4.78 is 30.8. The van der Waals surface area contributed by atoms with E-state index in [0.29, 0.717) is 18.0 Å². The van der Waals surface area contributed by atoms with Gasteiger partial charge in [0.1, 0.15) is 5.82 Å². The van der Waals surface area contributed by atoms with E-state index in [1.165, 1.54) is 12.4 Å². The Labute approximate surface area is 98.3 Å². The van der Waals surface area contributed by atoms with Crippen LogP contribution in [0.3, 0.4) is 0 Å². The fraction of sp³-hybridized carbons (Fsp3) is 0.333. The molecule has 0 bridgehead atoms. The van der Waals surface area contributed by atoms with Gasteiger partial charge in [-0.25, -0.2) is 18.1 Å². The lowest BCUT2D eigenvalue weighted by atomic mass is 10.5. The fourth-order valence-electron chi connectivity index (χ4n) is 1.24. The zero-order valence-electron chi connectivity index (χ0n) is 9.17. The van der Waals surface area contributed by atoms with Crippen LogP contribution in [0.1, 0.15) is 18.5 Å². The molecule has 0 fully saturated rings. The average molecular weight is 256 g/mol. The molecule has 2 rings (SSSR count). The Bertz CT molecular complexity index is 573.